The summed E-state index contributed by atoms with van der Waals surface area (Å²) in [6, 6.07) is 8.44. The maximum atomic E-state index is 11.2. The van der Waals surface area contributed by atoms with Gasteiger partial charge in [0.25, 0.3) is 5.69 Å². The summed E-state index contributed by atoms with van der Waals surface area (Å²) in [5.41, 5.74) is 0.137. The molecule has 1 atom stereocenters. The highest BCUT2D eigenvalue weighted by atomic mass is 16.6. The molecule has 1 amide bonds. The summed E-state index contributed by atoms with van der Waals surface area (Å²) in [6.45, 7) is 4.78. The number of hydrogen-bond acceptors (Lipinski definition) is 5. The van der Waals surface area contributed by atoms with Crippen LogP contribution in [-0.2, 0) is 4.74 Å². The first-order valence-corrected chi connectivity index (χ1v) is 7.22. The number of nitro benzene ring substituents is 1. The van der Waals surface area contributed by atoms with E-state index in [9.17, 15) is 14.9 Å². The highest BCUT2D eigenvalue weighted by Crippen LogP contribution is 2.14. The Morgan fingerprint density at radius 3 is 2.55 bits per heavy atom. The van der Waals surface area contributed by atoms with Crippen LogP contribution in [0.4, 0.5) is 10.5 Å². The van der Waals surface area contributed by atoms with Crippen LogP contribution in [-0.4, -0.2) is 60.6 Å². The van der Waals surface area contributed by atoms with Crippen molar-refractivity contribution < 1.29 is 14.5 Å². The normalized spacial score (nSPS) is 16.9. The Kier molecular flexibility index (Phi) is 7.31. The van der Waals surface area contributed by atoms with Gasteiger partial charge in [-0.05, 0) is 20.0 Å². The smallest absolute Gasteiger partial charge is 0.409 e. The molecule has 0 aromatic heterocycles. The van der Waals surface area contributed by atoms with E-state index < -0.39 is 4.92 Å². The molecule has 7 nitrogen and oxygen atoms in total. The second kappa shape index (κ2) is 8.99. The van der Waals surface area contributed by atoms with Crippen molar-refractivity contribution in [3.63, 3.8) is 0 Å². The molecule has 122 valence electrons. The Labute approximate surface area is 130 Å². The molecular weight excluding hydrogens is 286 g/mol. The fourth-order valence-corrected chi connectivity index (χ4v) is 2.20. The third kappa shape index (κ3) is 5.33. The van der Waals surface area contributed by atoms with Crippen LogP contribution in [0.25, 0.3) is 0 Å². The quantitative estimate of drug-likeness (QED) is 0.633. The number of amides is 1. The van der Waals surface area contributed by atoms with Crippen molar-refractivity contribution in [2.75, 3.05) is 33.8 Å². The summed E-state index contributed by atoms with van der Waals surface area (Å²) >= 11 is 0. The van der Waals surface area contributed by atoms with Crippen LogP contribution in [0.2, 0.25) is 0 Å². The summed E-state index contributed by atoms with van der Waals surface area (Å²) in [6.07, 6.45) is 0.853. The molecule has 1 aliphatic heterocycles. The van der Waals surface area contributed by atoms with Crippen molar-refractivity contribution in [1.29, 1.82) is 0 Å². The fourth-order valence-electron chi connectivity index (χ4n) is 2.20. The van der Waals surface area contributed by atoms with E-state index in [1.807, 2.05) is 0 Å². The summed E-state index contributed by atoms with van der Waals surface area (Å²) in [4.78, 5) is 24.8. The molecule has 2 rings (SSSR count). The number of non-ortho nitro benzene ring substituents is 1. The minimum absolute atomic E-state index is 0.137. The highest BCUT2D eigenvalue weighted by molar-refractivity contribution is 5.67. The van der Waals surface area contributed by atoms with Crippen molar-refractivity contribution in [2.45, 2.75) is 19.4 Å². The van der Waals surface area contributed by atoms with Gasteiger partial charge in [0.05, 0.1) is 12.0 Å². The Morgan fingerprint density at radius 2 is 2.09 bits per heavy atom. The topological polar surface area (TPSA) is 75.9 Å². The Balaban J connectivity index is 0.000000235. The van der Waals surface area contributed by atoms with Gasteiger partial charge in [-0.15, -0.1) is 0 Å². The molecule has 0 aliphatic carbocycles. The zero-order valence-electron chi connectivity index (χ0n) is 13.3. The van der Waals surface area contributed by atoms with Crippen molar-refractivity contribution in [2.24, 2.45) is 0 Å². The van der Waals surface area contributed by atoms with E-state index in [1.54, 1.807) is 23.1 Å². The van der Waals surface area contributed by atoms with E-state index in [1.165, 1.54) is 19.2 Å². The van der Waals surface area contributed by atoms with Crippen molar-refractivity contribution >= 4 is 11.8 Å². The molecule has 0 radical (unpaired) electrons. The van der Waals surface area contributed by atoms with Gasteiger partial charge in [-0.3, -0.25) is 10.1 Å². The van der Waals surface area contributed by atoms with Gasteiger partial charge in [0, 0.05) is 31.3 Å². The molecule has 0 N–H and O–H groups in total. The first kappa shape index (κ1) is 17.9. The average Bonchev–Trinajstić information content (AvgIpc) is 3.04. The number of ether oxygens (including phenoxy) is 1. The second-order valence-corrected chi connectivity index (χ2v) is 5.02. The van der Waals surface area contributed by atoms with Crippen LogP contribution in [0.1, 0.15) is 13.3 Å². The Hall–Kier alpha value is -2.15. The minimum atomic E-state index is -0.417. The van der Waals surface area contributed by atoms with Crippen LogP contribution in [0.15, 0.2) is 30.3 Å². The summed E-state index contributed by atoms with van der Waals surface area (Å²) < 4.78 is 4.66. The largest absolute Gasteiger partial charge is 0.453 e. The number of likely N-dealkylation sites (N-methyl/N-ethyl adjacent to an activating group) is 1. The number of rotatable bonds is 3. The van der Waals surface area contributed by atoms with E-state index in [2.05, 4.69) is 23.6 Å². The number of nitro groups is 1. The lowest BCUT2D eigenvalue weighted by atomic mass is 10.2. The number of likely N-dealkylation sites (tertiary alicyclic amines) is 1. The van der Waals surface area contributed by atoms with E-state index in [0.29, 0.717) is 6.04 Å². The van der Waals surface area contributed by atoms with Gasteiger partial charge >= 0.3 is 6.09 Å². The lowest BCUT2D eigenvalue weighted by Gasteiger charge is -2.22. The van der Waals surface area contributed by atoms with Crippen LogP contribution in [0.3, 0.4) is 0 Å². The van der Waals surface area contributed by atoms with E-state index in [-0.39, 0.29) is 11.8 Å². The van der Waals surface area contributed by atoms with Gasteiger partial charge in [0.2, 0.25) is 0 Å². The van der Waals surface area contributed by atoms with E-state index in [4.69, 9.17) is 0 Å². The maximum absolute atomic E-state index is 11.2. The number of para-hydroxylation sites is 1. The molecule has 1 aliphatic rings. The summed E-state index contributed by atoms with van der Waals surface area (Å²) in [5.74, 6) is 0. The summed E-state index contributed by atoms with van der Waals surface area (Å²) in [5, 5.41) is 10.0. The third-order valence-corrected chi connectivity index (χ3v) is 3.69. The van der Waals surface area contributed by atoms with Gasteiger partial charge in [-0.1, -0.05) is 25.1 Å². The van der Waals surface area contributed by atoms with Crippen molar-refractivity contribution in [3.05, 3.63) is 40.4 Å². The molecular formula is C15H23N3O4. The number of nitrogens with zero attached hydrogens (tertiary/aromatic N) is 3. The second-order valence-electron chi connectivity index (χ2n) is 5.02. The highest BCUT2D eigenvalue weighted by Gasteiger charge is 2.28. The number of carbonyl (C=O) groups is 1. The molecule has 1 saturated heterocycles. The first-order chi connectivity index (χ1) is 10.5. The maximum Gasteiger partial charge on any atom is 0.409 e. The van der Waals surface area contributed by atoms with Crippen LogP contribution >= 0.6 is 0 Å². The Bertz CT molecular complexity index is 481. The van der Waals surface area contributed by atoms with Gasteiger partial charge < -0.3 is 14.5 Å². The van der Waals surface area contributed by atoms with Crippen LogP contribution in [0, 0.1) is 10.1 Å². The number of benzene rings is 1. The zero-order valence-corrected chi connectivity index (χ0v) is 13.3. The molecule has 0 bridgehead atoms. The molecule has 1 fully saturated rings. The molecule has 1 unspecified atom stereocenters. The van der Waals surface area contributed by atoms with E-state index >= 15 is 0 Å². The average molecular weight is 309 g/mol. The molecule has 22 heavy (non-hydrogen) atoms. The van der Waals surface area contributed by atoms with Crippen LogP contribution in [0.5, 0.6) is 0 Å². The third-order valence-electron chi connectivity index (χ3n) is 3.69. The van der Waals surface area contributed by atoms with Crippen LogP contribution < -0.4 is 0 Å². The molecule has 0 spiro atoms. The standard InChI is InChI=1S/C9H18N2O2.C6H5NO2/c1-4-10(2)8-5-6-11(7-8)9(12)13-3;8-7(9)6-4-2-1-3-5-6/h8H,4-7H2,1-3H3;1-5H. The van der Waals surface area contributed by atoms with Crippen molar-refractivity contribution in [3.8, 4) is 0 Å². The lowest BCUT2D eigenvalue weighted by molar-refractivity contribution is -0.384. The first-order valence-electron chi connectivity index (χ1n) is 7.22. The number of hydrogen-bond donors (Lipinski definition) is 0. The minimum Gasteiger partial charge on any atom is -0.453 e. The zero-order chi connectivity index (χ0) is 16.5. The van der Waals surface area contributed by atoms with Gasteiger partial charge in [-0.25, -0.2) is 4.79 Å². The molecule has 0 saturated carbocycles. The monoisotopic (exact) mass is 309 g/mol. The molecule has 1 aromatic rings. The van der Waals surface area contributed by atoms with Gasteiger partial charge in [0.15, 0.2) is 0 Å². The van der Waals surface area contributed by atoms with Gasteiger partial charge in [0.1, 0.15) is 0 Å². The van der Waals surface area contributed by atoms with Crippen molar-refractivity contribution in [1.82, 2.24) is 9.80 Å². The predicted molar refractivity (Wildman–Crippen MR) is 83.8 cm³/mol. The fraction of sp³-hybridized carbons (Fsp3) is 0.533. The molecule has 1 heterocycles. The Morgan fingerprint density at radius 1 is 1.45 bits per heavy atom. The lowest BCUT2D eigenvalue weighted by Crippen LogP contribution is -2.36. The summed E-state index contributed by atoms with van der Waals surface area (Å²) in [7, 11) is 3.52. The number of carbonyl (C=O) groups excluding carboxylic acids is 1. The number of methoxy groups -OCH3 is 1. The van der Waals surface area contributed by atoms with Gasteiger partial charge in [-0.2, -0.15) is 0 Å². The van der Waals surface area contributed by atoms with E-state index in [0.717, 1.165) is 26.1 Å². The SMILES string of the molecule is CCN(C)C1CCN(C(=O)OC)C1.O=[N+]([O-])c1ccccc1. The molecule has 1 aromatic carbocycles. The predicted octanol–water partition coefficient (Wildman–Crippen LogP) is 2.37. The molecule has 7 heteroatoms.